The van der Waals surface area contributed by atoms with Crippen molar-refractivity contribution in [3.8, 4) is 11.5 Å². The van der Waals surface area contributed by atoms with Crippen molar-refractivity contribution in [2.45, 2.75) is 12.8 Å². The minimum absolute atomic E-state index is 0.751. The molecule has 28 heavy (non-hydrogen) atoms. The zero-order valence-corrected chi connectivity index (χ0v) is 16.7. The number of nitrogens with zero attached hydrogens (tertiary/aromatic N) is 3. The molecule has 5 nitrogen and oxygen atoms in total. The van der Waals surface area contributed by atoms with Crippen LogP contribution in [0.25, 0.3) is 21.8 Å². The number of benzene rings is 2. The number of likely N-dealkylation sites (tertiary alicyclic amines) is 2. The molecule has 148 valence electrons. The summed E-state index contributed by atoms with van der Waals surface area (Å²) in [6.45, 7) is 8.39. The summed E-state index contributed by atoms with van der Waals surface area (Å²) in [5, 5.41) is 2.46. The zero-order chi connectivity index (χ0) is 18.9. The van der Waals surface area contributed by atoms with Gasteiger partial charge in [-0.1, -0.05) is 0 Å². The van der Waals surface area contributed by atoms with Crippen molar-refractivity contribution in [3.63, 3.8) is 0 Å². The Labute approximate surface area is 166 Å². The molecule has 3 aromatic rings. The summed E-state index contributed by atoms with van der Waals surface area (Å²) >= 11 is 0. The van der Waals surface area contributed by atoms with Crippen molar-refractivity contribution < 1.29 is 9.47 Å². The molecule has 2 aliphatic rings. The molecule has 2 saturated heterocycles. The summed E-state index contributed by atoms with van der Waals surface area (Å²) in [7, 11) is 2.12. The lowest BCUT2D eigenvalue weighted by Gasteiger charge is -2.30. The molecule has 0 spiro atoms. The smallest absolute Gasteiger partial charge is 0.120 e. The van der Waals surface area contributed by atoms with Gasteiger partial charge in [-0.15, -0.1) is 0 Å². The maximum Gasteiger partial charge on any atom is 0.120 e. The van der Waals surface area contributed by atoms with Gasteiger partial charge in [0.05, 0.1) is 0 Å². The van der Waals surface area contributed by atoms with Gasteiger partial charge in [0.15, 0.2) is 0 Å². The zero-order valence-electron chi connectivity index (χ0n) is 16.7. The van der Waals surface area contributed by atoms with E-state index in [9.17, 15) is 0 Å². The summed E-state index contributed by atoms with van der Waals surface area (Å²) in [6, 6.07) is 12.9. The second-order valence-electron chi connectivity index (χ2n) is 8.00. The molecule has 2 aliphatic heterocycles. The van der Waals surface area contributed by atoms with Crippen LogP contribution in [0, 0.1) is 0 Å². The molecular weight excluding hydrogens is 350 g/mol. The number of aromatic nitrogens is 1. The average Bonchev–Trinajstić information content (AvgIpc) is 2.91. The van der Waals surface area contributed by atoms with E-state index in [1.165, 1.54) is 60.8 Å². The fraction of sp³-hybridized carbons (Fsp3) is 0.478. The van der Waals surface area contributed by atoms with Crippen molar-refractivity contribution in [3.05, 3.63) is 36.4 Å². The summed E-state index contributed by atoms with van der Waals surface area (Å²) in [5.41, 5.74) is 2.45. The molecule has 3 heterocycles. The van der Waals surface area contributed by atoms with Crippen LogP contribution in [-0.4, -0.2) is 66.8 Å². The van der Waals surface area contributed by atoms with Crippen LogP contribution in [0.3, 0.4) is 0 Å². The van der Waals surface area contributed by atoms with Crippen LogP contribution in [-0.2, 0) is 7.05 Å². The van der Waals surface area contributed by atoms with Gasteiger partial charge in [0, 0.05) is 41.9 Å². The number of aryl methyl sites for hydroxylation is 1. The van der Waals surface area contributed by atoms with E-state index in [1.54, 1.807) is 0 Å². The summed E-state index contributed by atoms with van der Waals surface area (Å²) < 4.78 is 14.3. The van der Waals surface area contributed by atoms with E-state index < -0.39 is 0 Å². The summed E-state index contributed by atoms with van der Waals surface area (Å²) in [6.07, 6.45) is 2.65. The van der Waals surface area contributed by atoms with Crippen LogP contribution >= 0.6 is 0 Å². The molecule has 0 saturated carbocycles. The topological polar surface area (TPSA) is 29.9 Å². The third-order valence-electron chi connectivity index (χ3n) is 6.20. The molecule has 1 aromatic heterocycles. The highest BCUT2D eigenvalue weighted by atomic mass is 16.5. The van der Waals surface area contributed by atoms with Gasteiger partial charge in [-0.25, -0.2) is 0 Å². The minimum Gasteiger partial charge on any atom is -0.492 e. The van der Waals surface area contributed by atoms with E-state index in [2.05, 4.69) is 57.8 Å². The average molecular weight is 380 g/mol. The Kier molecular flexibility index (Phi) is 4.87. The van der Waals surface area contributed by atoms with Gasteiger partial charge < -0.3 is 14.0 Å². The Morgan fingerprint density at radius 3 is 1.57 bits per heavy atom. The van der Waals surface area contributed by atoms with Crippen LogP contribution in [0.4, 0.5) is 0 Å². The van der Waals surface area contributed by atoms with Gasteiger partial charge in [0.1, 0.15) is 24.7 Å². The Balaban J connectivity index is 1.34. The molecule has 0 unspecified atom stereocenters. The minimum atomic E-state index is 0.751. The SMILES string of the molecule is Cn1c2ccc(OCCN3CCC3)cc2c2cc(OCCN3CCC3)ccc21. The highest BCUT2D eigenvalue weighted by Crippen LogP contribution is 2.33. The van der Waals surface area contributed by atoms with Crippen LogP contribution in [0.5, 0.6) is 11.5 Å². The predicted octanol–water partition coefficient (Wildman–Crippen LogP) is 3.50. The first-order valence-electron chi connectivity index (χ1n) is 10.5. The molecule has 2 aromatic carbocycles. The quantitative estimate of drug-likeness (QED) is 0.599. The standard InChI is InChI=1S/C23H29N3O2/c1-24-22-6-4-18(27-14-12-25-8-2-9-25)16-20(22)21-17-19(5-7-23(21)24)28-15-13-26-10-3-11-26/h4-7,16-17H,2-3,8-15H2,1H3. The monoisotopic (exact) mass is 379 g/mol. The van der Waals surface area contributed by atoms with Crippen molar-refractivity contribution in [2.24, 2.45) is 7.05 Å². The molecule has 2 fully saturated rings. The number of rotatable bonds is 8. The van der Waals surface area contributed by atoms with Gasteiger partial charge in [-0.3, -0.25) is 9.80 Å². The van der Waals surface area contributed by atoms with Crippen LogP contribution < -0.4 is 9.47 Å². The highest BCUT2D eigenvalue weighted by molar-refractivity contribution is 6.08. The first-order chi connectivity index (χ1) is 13.8. The number of hydrogen-bond donors (Lipinski definition) is 0. The van der Waals surface area contributed by atoms with Gasteiger partial charge in [0.25, 0.3) is 0 Å². The van der Waals surface area contributed by atoms with E-state index >= 15 is 0 Å². The lowest BCUT2D eigenvalue weighted by Crippen LogP contribution is -2.39. The van der Waals surface area contributed by atoms with E-state index in [4.69, 9.17) is 9.47 Å². The maximum atomic E-state index is 6.03. The Hall–Kier alpha value is -2.24. The van der Waals surface area contributed by atoms with Crippen molar-refractivity contribution in [2.75, 3.05) is 52.5 Å². The molecule has 0 aliphatic carbocycles. The first kappa shape index (κ1) is 17.8. The third-order valence-corrected chi connectivity index (χ3v) is 6.20. The molecule has 5 rings (SSSR count). The summed E-state index contributed by atoms with van der Waals surface area (Å²) in [4.78, 5) is 4.86. The van der Waals surface area contributed by atoms with E-state index in [1.807, 2.05) is 0 Å². The first-order valence-corrected chi connectivity index (χ1v) is 10.5. The van der Waals surface area contributed by atoms with Gasteiger partial charge >= 0.3 is 0 Å². The van der Waals surface area contributed by atoms with Crippen LogP contribution in [0.2, 0.25) is 0 Å². The largest absolute Gasteiger partial charge is 0.492 e. The number of fused-ring (bicyclic) bond motifs is 3. The van der Waals surface area contributed by atoms with Crippen molar-refractivity contribution >= 4 is 21.8 Å². The molecular formula is C23H29N3O2. The maximum absolute atomic E-state index is 6.03. The van der Waals surface area contributed by atoms with E-state index in [-0.39, 0.29) is 0 Å². The second-order valence-corrected chi connectivity index (χ2v) is 8.00. The fourth-order valence-electron chi connectivity index (χ4n) is 4.15. The van der Waals surface area contributed by atoms with E-state index in [0.29, 0.717) is 0 Å². The molecule has 0 N–H and O–H groups in total. The second kappa shape index (κ2) is 7.64. The lowest BCUT2D eigenvalue weighted by atomic mass is 10.1. The summed E-state index contributed by atoms with van der Waals surface area (Å²) in [5.74, 6) is 1.90. The van der Waals surface area contributed by atoms with Gasteiger partial charge in [-0.2, -0.15) is 0 Å². The molecule has 0 atom stereocenters. The Morgan fingerprint density at radius 1 is 0.714 bits per heavy atom. The van der Waals surface area contributed by atoms with Crippen LogP contribution in [0.15, 0.2) is 36.4 Å². The normalized spacial score (nSPS) is 17.6. The Morgan fingerprint density at radius 2 is 1.18 bits per heavy atom. The third kappa shape index (κ3) is 3.45. The molecule has 5 heteroatoms. The fourth-order valence-corrected chi connectivity index (χ4v) is 4.15. The highest BCUT2D eigenvalue weighted by Gasteiger charge is 2.15. The van der Waals surface area contributed by atoms with E-state index in [0.717, 1.165) is 37.8 Å². The number of hydrogen-bond acceptors (Lipinski definition) is 4. The molecule has 0 bridgehead atoms. The van der Waals surface area contributed by atoms with Gasteiger partial charge in [0.2, 0.25) is 0 Å². The van der Waals surface area contributed by atoms with Crippen molar-refractivity contribution in [1.82, 2.24) is 14.4 Å². The van der Waals surface area contributed by atoms with Crippen molar-refractivity contribution in [1.29, 1.82) is 0 Å². The predicted molar refractivity (Wildman–Crippen MR) is 114 cm³/mol. The van der Waals surface area contributed by atoms with Crippen LogP contribution in [0.1, 0.15) is 12.8 Å². The number of ether oxygens (including phenoxy) is 2. The molecule has 0 amide bonds. The lowest BCUT2D eigenvalue weighted by molar-refractivity contribution is 0.147. The Bertz CT molecular complexity index is 896. The molecule has 0 radical (unpaired) electrons. The van der Waals surface area contributed by atoms with Gasteiger partial charge in [-0.05, 0) is 75.4 Å².